The Labute approximate surface area is 176 Å². The first-order valence-electron chi connectivity index (χ1n) is 8.71. The number of benzene rings is 2. The minimum absolute atomic E-state index is 0.186. The average molecular weight is 454 g/mol. The monoisotopic (exact) mass is 453 g/mol. The topological polar surface area (TPSA) is 121 Å². The van der Waals surface area contributed by atoms with Gasteiger partial charge in [-0.3, -0.25) is 18.2 Å². The summed E-state index contributed by atoms with van der Waals surface area (Å²) in [4.78, 5) is 24.1. The summed E-state index contributed by atoms with van der Waals surface area (Å²) in [5.74, 6) is -0.866. The van der Waals surface area contributed by atoms with Gasteiger partial charge in [-0.25, -0.2) is 16.8 Å². The number of anilines is 3. The van der Waals surface area contributed by atoms with Crippen molar-refractivity contribution in [3.8, 4) is 0 Å². The zero-order chi connectivity index (χ0) is 22.7. The molecule has 11 heteroatoms. The summed E-state index contributed by atoms with van der Waals surface area (Å²) >= 11 is 0. The summed E-state index contributed by atoms with van der Waals surface area (Å²) in [6, 6.07) is 12.1. The Morgan fingerprint density at radius 2 is 1.50 bits per heavy atom. The van der Waals surface area contributed by atoms with Gasteiger partial charge in [0, 0.05) is 18.3 Å². The zero-order valence-electron chi connectivity index (χ0n) is 17.0. The lowest BCUT2D eigenvalue weighted by atomic mass is 10.1. The highest BCUT2D eigenvalue weighted by atomic mass is 32.2. The van der Waals surface area contributed by atoms with E-state index in [1.54, 1.807) is 24.3 Å². The molecule has 0 unspecified atom stereocenters. The number of amides is 1. The molecule has 0 saturated heterocycles. The molecule has 2 rings (SSSR count). The Morgan fingerprint density at radius 3 is 2.07 bits per heavy atom. The smallest absolute Gasteiger partial charge is 0.245 e. The third-order valence-corrected chi connectivity index (χ3v) is 6.57. The van der Waals surface area contributed by atoms with E-state index in [1.807, 2.05) is 0 Å². The van der Waals surface area contributed by atoms with Crippen LogP contribution in [0, 0.1) is 0 Å². The summed E-state index contributed by atoms with van der Waals surface area (Å²) < 4.78 is 49.8. The van der Waals surface area contributed by atoms with Crippen molar-refractivity contribution in [2.75, 3.05) is 40.0 Å². The second-order valence-corrected chi connectivity index (χ2v) is 10.6. The Hall–Kier alpha value is -2.92. The van der Waals surface area contributed by atoms with Gasteiger partial charge in [-0.15, -0.1) is 0 Å². The molecule has 0 aliphatic heterocycles. The Bertz CT molecular complexity index is 1180. The molecule has 2 aromatic rings. The second kappa shape index (κ2) is 8.84. The molecule has 9 nitrogen and oxygen atoms in total. The maximum Gasteiger partial charge on any atom is 0.245 e. The van der Waals surface area contributed by atoms with Gasteiger partial charge in [0.25, 0.3) is 0 Å². The van der Waals surface area contributed by atoms with Crippen molar-refractivity contribution in [2.45, 2.75) is 6.92 Å². The van der Waals surface area contributed by atoms with Crippen LogP contribution in [-0.4, -0.2) is 54.6 Å². The molecule has 0 bridgehead atoms. The van der Waals surface area contributed by atoms with E-state index in [2.05, 4.69) is 5.32 Å². The predicted molar refractivity (Wildman–Crippen MR) is 117 cm³/mol. The van der Waals surface area contributed by atoms with Crippen LogP contribution in [0.3, 0.4) is 0 Å². The third kappa shape index (κ3) is 6.04. The van der Waals surface area contributed by atoms with Gasteiger partial charge in [-0.2, -0.15) is 0 Å². The minimum atomic E-state index is -3.82. The van der Waals surface area contributed by atoms with E-state index in [9.17, 15) is 26.4 Å². The fourth-order valence-electron chi connectivity index (χ4n) is 2.58. The number of nitrogens with one attached hydrogen (secondary N) is 1. The van der Waals surface area contributed by atoms with Crippen LogP contribution in [0.15, 0.2) is 48.5 Å². The van der Waals surface area contributed by atoms with Crippen molar-refractivity contribution in [2.24, 2.45) is 0 Å². The summed E-state index contributed by atoms with van der Waals surface area (Å²) in [6.07, 6.45) is 2.01. The SMILES string of the molecule is CC(=O)c1cccc(N(CC(=O)Nc2cccc(N(C)S(C)(=O)=O)c2)S(C)(=O)=O)c1. The van der Waals surface area contributed by atoms with Crippen molar-refractivity contribution in [1.29, 1.82) is 0 Å². The molecular formula is C19H23N3O6S2. The van der Waals surface area contributed by atoms with Crippen LogP contribution >= 0.6 is 0 Å². The number of Topliss-reactive ketones (excluding diaryl/α,β-unsaturated/α-hetero) is 1. The first-order chi connectivity index (χ1) is 13.8. The maximum atomic E-state index is 12.5. The quantitative estimate of drug-likeness (QED) is 0.607. The number of ketones is 1. The molecule has 2 aromatic carbocycles. The molecule has 0 aliphatic rings. The Balaban J connectivity index is 2.26. The summed E-state index contributed by atoms with van der Waals surface area (Å²) in [6.45, 7) is 0.837. The summed E-state index contributed by atoms with van der Waals surface area (Å²) in [7, 11) is -5.92. The first-order valence-corrected chi connectivity index (χ1v) is 12.4. The average Bonchev–Trinajstić information content (AvgIpc) is 2.64. The molecule has 162 valence electrons. The van der Waals surface area contributed by atoms with Crippen LogP contribution in [0.2, 0.25) is 0 Å². The molecular weight excluding hydrogens is 430 g/mol. The highest BCUT2D eigenvalue weighted by molar-refractivity contribution is 7.92. The molecule has 0 fully saturated rings. The van der Waals surface area contributed by atoms with Gasteiger partial charge in [0.15, 0.2) is 5.78 Å². The molecule has 0 atom stereocenters. The highest BCUT2D eigenvalue weighted by Crippen LogP contribution is 2.22. The predicted octanol–water partition coefficient (Wildman–Crippen LogP) is 1.69. The van der Waals surface area contributed by atoms with E-state index < -0.39 is 32.5 Å². The zero-order valence-corrected chi connectivity index (χ0v) is 18.6. The van der Waals surface area contributed by atoms with Gasteiger partial charge in [-0.05, 0) is 37.3 Å². The van der Waals surface area contributed by atoms with Crippen molar-refractivity contribution in [3.05, 3.63) is 54.1 Å². The molecule has 1 amide bonds. The Kier molecular flexibility index (Phi) is 6.88. The normalized spacial score (nSPS) is 11.6. The molecule has 0 aliphatic carbocycles. The van der Waals surface area contributed by atoms with Crippen molar-refractivity contribution in [1.82, 2.24) is 0 Å². The number of rotatable bonds is 8. The number of hydrogen-bond donors (Lipinski definition) is 1. The molecule has 0 saturated carbocycles. The number of nitrogens with zero attached hydrogens (tertiary/aromatic N) is 2. The number of hydrogen-bond acceptors (Lipinski definition) is 6. The van der Waals surface area contributed by atoms with Crippen molar-refractivity contribution < 1.29 is 26.4 Å². The molecule has 30 heavy (non-hydrogen) atoms. The van der Waals surface area contributed by atoms with Crippen LogP contribution < -0.4 is 13.9 Å². The lowest BCUT2D eigenvalue weighted by molar-refractivity contribution is -0.114. The van der Waals surface area contributed by atoms with E-state index in [0.717, 1.165) is 21.1 Å². The molecule has 1 N–H and O–H groups in total. The highest BCUT2D eigenvalue weighted by Gasteiger charge is 2.22. The minimum Gasteiger partial charge on any atom is -0.324 e. The molecule has 0 radical (unpaired) electrons. The van der Waals surface area contributed by atoms with Gasteiger partial charge in [0.2, 0.25) is 26.0 Å². The summed E-state index contributed by atoms with van der Waals surface area (Å²) in [5, 5.41) is 2.56. The lowest BCUT2D eigenvalue weighted by Gasteiger charge is -2.22. The van der Waals surface area contributed by atoms with Gasteiger partial charge in [-0.1, -0.05) is 18.2 Å². The van der Waals surface area contributed by atoms with E-state index in [4.69, 9.17) is 0 Å². The van der Waals surface area contributed by atoms with Crippen LogP contribution in [0.4, 0.5) is 17.1 Å². The Morgan fingerprint density at radius 1 is 0.900 bits per heavy atom. The van der Waals surface area contributed by atoms with Crippen LogP contribution in [0.5, 0.6) is 0 Å². The number of sulfonamides is 2. The van der Waals surface area contributed by atoms with E-state index in [1.165, 1.54) is 38.2 Å². The number of carbonyl (C=O) groups excluding carboxylic acids is 2. The maximum absolute atomic E-state index is 12.5. The van der Waals surface area contributed by atoms with Gasteiger partial charge >= 0.3 is 0 Å². The molecule has 0 spiro atoms. The number of carbonyl (C=O) groups is 2. The van der Waals surface area contributed by atoms with Gasteiger partial charge in [0.1, 0.15) is 6.54 Å². The van der Waals surface area contributed by atoms with E-state index in [0.29, 0.717) is 16.9 Å². The van der Waals surface area contributed by atoms with Crippen LogP contribution in [0.25, 0.3) is 0 Å². The van der Waals surface area contributed by atoms with Gasteiger partial charge in [0.05, 0.1) is 23.9 Å². The summed E-state index contributed by atoms with van der Waals surface area (Å²) in [5.41, 5.74) is 1.15. The van der Waals surface area contributed by atoms with Crippen LogP contribution in [-0.2, 0) is 24.8 Å². The second-order valence-electron chi connectivity index (χ2n) is 6.71. The fourth-order valence-corrected chi connectivity index (χ4v) is 3.93. The fraction of sp³-hybridized carbons (Fsp3) is 0.263. The first kappa shape index (κ1) is 23.4. The molecule has 0 aromatic heterocycles. The molecule has 0 heterocycles. The van der Waals surface area contributed by atoms with Crippen molar-refractivity contribution in [3.63, 3.8) is 0 Å². The standard InChI is InChI=1S/C19H23N3O6S2/c1-14(23)15-7-5-10-18(11-15)22(30(4,27)28)13-19(24)20-16-8-6-9-17(12-16)21(2)29(3,25)26/h5-12H,13H2,1-4H3,(H,20,24). The van der Waals surface area contributed by atoms with Crippen LogP contribution in [0.1, 0.15) is 17.3 Å². The van der Waals surface area contributed by atoms with E-state index in [-0.39, 0.29) is 11.5 Å². The third-order valence-electron chi connectivity index (χ3n) is 4.22. The van der Waals surface area contributed by atoms with E-state index >= 15 is 0 Å². The van der Waals surface area contributed by atoms with Gasteiger partial charge < -0.3 is 5.32 Å². The lowest BCUT2D eigenvalue weighted by Crippen LogP contribution is -2.37. The van der Waals surface area contributed by atoms with Crippen molar-refractivity contribution >= 4 is 48.8 Å². The largest absolute Gasteiger partial charge is 0.324 e.